The molecule has 11 heavy (non-hydrogen) atoms. The first-order valence-electron chi connectivity index (χ1n) is 4.25. The molecule has 0 amide bonds. The number of nitrogens with zero attached hydrogens (tertiary/aromatic N) is 1. The van der Waals surface area contributed by atoms with Gasteiger partial charge in [-0.2, -0.15) is 0 Å². The molecule has 1 aliphatic carbocycles. The molecular formula is C8H15NO2. The van der Waals surface area contributed by atoms with Crippen LogP contribution in [0.1, 0.15) is 39.5 Å². The molecule has 3 heteroatoms. The van der Waals surface area contributed by atoms with E-state index in [0.29, 0.717) is 5.92 Å². The van der Waals surface area contributed by atoms with E-state index in [4.69, 9.17) is 0 Å². The number of hydrogen-bond acceptors (Lipinski definition) is 2. The van der Waals surface area contributed by atoms with Gasteiger partial charge in [-0.05, 0) is 6.42 Å². The smallest absolute Gasteiger partial charge is 0.223 e. The zero-order valence-corrected chi connectivity index (χ0v) is 7.17. The fraction of sp³-hybridized carbons (Fsp3) is 1.00. The maximum atomic E-state index is 10.5. The van der Waals surface area contributed by atoms with Gasteiger partial charge in [-0.1, -0.05) is 19.8 Å². The summed E-state index contributed by atoms with van der Waals surface area (Å²) in [5.41, 5.74) is -0.560. The van der Waals surface area contributed by atoms with Crippen LogP contribution in [0.3, 0.4) is 0 Å². The standard InChI is InChI=1S/C8H15NO2/c1-3-4-5-7-6-8(7,2)9(10)11/h7H,3-6H2,1-2H3. The Morgan fingerprint density at radius 3 is 2.73 bits per heavy atom. The van der Waals surface area contributed by atoms with E-state index in [1.807, 2.05) is 0 Å². The normalized spacial score (nSPS) is 35.3. The summed E-state index contributed by atoms with van der Waals surface area (Å²) in [6.07, 6.45) is 4.10. The minimum Gasteiger partial charge on any atom is -0.264 e. The van der Waals surface area contributed by atoms with Crippen molar-refractivity contribution in [1.29, 1.82) is 0 Å². The lowest BCUT2D eigenvalue weighted by atomic mass is 10.1. The Balaban J connectivity index is 2.29. The Bertz CT molecular complexity index is 169. The molecule has 1 aliphatic rings. The number of hydrogen-bond donors (Lipinski definition) is 0. The van der Waals surface area contributed by atoms with Crippen LogP contribution in [-0.4, -0.2) is 10.5 Å². The van der Waals surface area contributed by atoms with Crippen molar-refractivity contribution in [3.05, 3.63) is 10.1 Å². The van der Waals surface area contributed by atoms with Crippen molar-refractivity contribution < 1.29 is 4.92 Å². The van der Waals surface area contributed by atoms with Gasteiger partial charge in [0.05, 0.1) is 0 Å². The largest absolute Gasteiger partial charge is 0.264 e. The highest BCUT2D eigenvalue weighted by molar-refractivity contribution is 4.99. The quantitative estimate of drug-likeness (QED) is 0.464. The lowest BCUT2D eigenvalue weighted by molar-refractivity contribution is -0.537. The highest BCUT2D eigenvalue weighted by Gasteiger charge is 2.61. The van der Waals surface area contributed by atoms with E-state index in [1.54, 1.807) is 6.92 Å². The highest BCUT2D eigenvalue weighted by atomic mass is 16.6. The van der Waals surface area contributed by atoms with Gasteiger partial charge in [-0.25, -0.2) is 0 Å². The van der Waals surface area contributed by atoms with Gasteiger partial charge >= 0.3 is 0 Å². The van der Waals surface area contributed by atoms with Crippen molar-refractivity contribution >= 4 is 0 Å². The summed E-state index contributed by atoms with van der Waals surface area (Å²) in [6, 6.07) is 0. The van der Waals surface area contributed by atoms with Gasteiger partial charge in [0.1, 0.15) is 0 Å². The summed E-state index contributed by atoms with van der Waals surface area (Å²) in [5.74, 6) is 0.359. The van der Waals surface area contributed by atoms with Gasteiger partial charge in [0.15, 0.2) is 0 Å². The minimum absolute atomic E-state index is 0.118. The molecule has 0 heterocycles. The molecule has 0 aromatic carbocycles. The third-order valence-corrected chi connectivity index (χ3v) is 2.70. The number of nitro groups is 1. The molecule has 3 nitrogen and oxygen atoms in total. The monoisotopic (exact) mass is 157 g/mol. The second-order valence-electron chi connectivity index (χ2n) is 3.66. The molecule has 1 fully saturated rings. The fourth-order valence-electron chi connectivity index (χ4n) is 1.53. The second kappa shape index (κ2) is 2.80. The van der Waals surface area contributed by atoms with E-state index in [1.165, 1.54) is 0 Å². The Hall–Kier alpha value is -0.600. The molecule has 64 valence electrons. The first-order valence-corrected chi connectivity index (χ1v) is 4.25. The third kappa shape index (κ3) is 1.52. The maximum Gasteiger partial charge on any atom is 0.223 e. The van der Waals surface area contributed by atoms with Gasteiger partial charge in [0.2, 0.25) is 5.54 Å². The van der Waals surface area contributed by atoms with Crippen LogP contribution in [0.5, 0.6) is 0 Å². The van der Waals surface area contributed by atoms with Gasteiger partial charge < -0.3 is 0 Å². The van der Waals surface area contributed by atoms with E-state index in [2.05, 4.69) is 6.92 Å². The SMILES string of the molecule is CCCCC1CC1(C)[N+](=O)[O-]. The molecule has 1 rings (SSSR count). The third-order valence-electron chi connectivity index (χ3n) is 2.70. The molecule has 0 aromatic heterocycles. The first-order chi connectivity index (χ1) is 5.11. The van der Waals surface area contributed by atoms with Gasteiger partial charge in [-0.3, -0.25) is 10.1 Å². The lowest BCUT2D eigenvalue weighted by Gasteiger charge is -2.00. The highest BCUT2D eigenvalue weighted by Crippen LogP contribution is 2.48. The van der Waals surface area contributed by atoms with Crippen LogP contribution in [0.25, 0.3) is 0 Å². The van der Waals surface area contributed by atoms with E-state index in [-0.39, 0.29) is 4.92 Å². The second-order valence-corrected chi connectivity index (χ2v) is 3.66. The van der Waals surface area contributed by atoms with E-state index >= 15 is 0 Å². The Morgan fingerprint density at radius 2 is 2.36 bits per heavy atom. The van der Waals surface area contributed by atoms with Crippen LogP contribution in [0.4, 0.5) is 0 Å². The average Bonchev–Trinajstić information content (AvgIpc) is 2.59. The topological polar surface area (TPSA) is 43.1 Å². The van der Waals surface area contributed by atoms with Crippen molar-refractivity contribution in [1.82, 2.24) is 0 Å². The number of rotatable bonds is 4. The summed E-state index contributed by atoms with van der Waals surface area (Å²) >= 11 is 0. The molecule has 2 atom stereocenters. The van der Waals surface area contributed by atoms with Crippen LogP contribution >= 0.6 is 0 Å². The van der Waals surface area contributed by atoms with Crippen LogP contribution in [0, 0.1) is 16.0 Å². The molecule has 0 radical (unpaired) electrons. The summed E-state index contributed by atoms with van der Waals surface area (Å²) < 4.78 is 0. The van der Waals surface area contributed by atoms with Crippen LogP contribution < -0.4 is 0 Å². The van der Waals surface area contributed by atoms with Crippen molar-refractivity contribution in [2.24, 2.45) is 5.92 Å². The van der Waals surface area contributed by atoms with Gasteiger partial charge in [-0.15, -0.1) is 0 Å². The Kier molecular flexibility index (Phi) is 2.16. The zero-order valence-electron chi connectivity index (χ0n) is 7.17. The van der Waals surface area contributed by atoms with Crippen LogP contribution in [0.2, 0.25) is 0 Å². The van der Waals surface area contributed by atoms with E-state index in [9.17, 15) is 10.1 Å². The average molecular weight is 157 g/mol. The molecule has 2 unspecified atom stereocenters. The first kappa shape index (κ1) is 8.50. The van der Waals surface area contributed by atoms with Gasteiger partial charge in [0.25, 0.3) is 0 Å². The minimum atomic E-state index is -0.560. The van der Waals surface area contributed by atoms with E-state index < -0.39 is 5.54 Å². The maximum absolute atomic E-state index is 10.5. The Labute approximate surface area is 66.9 Å². The predicted molar refractivity (Wildman–Crippen MR) is 43.0 cm³/mol. The summed E-state index contributed by atoms with van der Waals surface area (Å²) in [5, 5.41) is 10.5. The summed E-state index contributed by atoms with van der Waals surface area (Å²) in [4.78, 5) is 10.3. The molecule has 0 bridgehead atoms. The van der Waals surface area contributed by atoms with Crippen LogP contribution in [0.15, 0.2) is 0 Å². The Morgan fingerprint density at radius 1 is 1.73 bits per heavy atom. The van der Waals surface area contributed by atoms with Crippen molar-refractivity contribution in [3.8, 4) is 0 Å². The van der Waals surface area contributed by atoms with Crippen LogP contribution in [-0.2, 0) is 0 Å². The molecule has 0 N–H and O–H groups in total. The molecule has 0 aliphatic heterocycles. The lowest BCUT2D eigenvalue weighted by Crippen LogP contribution is -2.19. The molecule has 0 saturated heterocycles. The predicted octanol–water partition coefficient (Wildman–Crippen LogP) is 2.23. The van der Waals surface area contributed by atoms with Crippen molar-refractivity contribution in [3.63, 3.8) is 0 Å². The van der Waals surface area contributed by atoms with Gasteiger partial charge in [0, 0.05) is 24.2 Å². The van der Waals surface area contributed by atoms with Crippen molar-refractivity contribution in [2.75, 3.05) is 0 Å². The molecule has 0 spiro atoms. The fourth-order valence-corrected chi connectivity index (χ4v) is 1.53. The van der Waals surface area contributed by atoms with E-state index in [0.717, 1.165) is 25.7 Å². The number of unbranched alkanes of at least 4 members (excludes halogenated alkanes) is 1. The summed E-state index contributed by atoms with van der Waals surface area (Å²) in [7, 11) is 0. The molecule has 1 saturated carbocycles. The molecular weight excluding hydrogens is 142 g/mol. The zero-order chi connectivity index (χ0) is 8.48. The molecule has 0 aromatic rings. The summed E-state index contributed by atoms with van der Waals surface area (Å²) in [6.45, 7) is 3.87. The van der Waals surface area contributed by atoms with Crippen molar-refractivity contribution in [2.45, 2.75) is 45.1 Å².